The summed E-state index contributed by atoms with van der Waals surface area (Å²) in [6, 6.07) is 5.11. The zero-order chi connectivity index (χ0) is 14.0. The van der Waals surface area contributed by atoms with E-state index in [2.05, 4.69) is 0 Å². The van der Waals surface area contributed by atoms with Gasteiger partial charge in [0.25, 0.3) is 5.91 Å². The van der Waals surface area contributed by atoms with E-state index in [9.17, 15) is 9.90 Å². The molecule has 0 aromatic heterocycles. The molecule has 0 spiro atoms. The van der Waals surface area contributed by atoms with Gasteiger partial charge >= 0.3 is 0 Å². The molecule has 1 aromatic carbocycles. The number of phenols is 1. The topological polar surface area (TPSA) is 66.6 Å². The fourth-order valence-electron chi connectivity index (χ4n) is 3.03. The number of amides is 1. The van der Waals surface area contributed by atoms with Gasteiger partial charge in [-0.15, -0.1) is 0 Å². The molecular formula is C15H22N2O2. The predicted octanol–water partition coefficient (Wildman–Crippen LogP) is 1.90. The zero-order valence-electron chi connectivity index (χ0n) is 11.6. The average Bonchev–Trinajstić information content (AvgIpc) is 2.85. The Kier molecular flexibility index (Phi) is 4.10. The van der Waals surface area contributed by atoms with E-state index >= 15 is 0 Å². The van der Waals surface area contributed by atoms with Gasteiger partial charge in [-0.05, 0) is 56.0 Å². The average molecular weight is 262 g/mol. The van der Waals surface area contributed by atoms with Crippen molar-refractivity contribution in [2.45, 2.75) is 32.2 Å². The minimum Gasteiger partial charge on any atom is -0.508 e. The molecule has 3 N–H and O–H groups in total. The first-order valence-corrected chi connectivity index (χ1v) is 6.81. The molecule has 2 rings (SSSR count). The SMILES string of the molecule is Cc1cc(O)ccc1C(=O)N(C)C1CCCC1CN. The Morgan fingerprint density at radius 1 is 1.47 bits per heavy atom. The zero-order valence-corrected chi connectivity index (χ0v) is 11.6. The monoisotopic (exact) mass is 262 g/mol. The highest BCUT2D eigenvalue weighted by Crippen LogP contribution is 2.30. The largest absolute Gasteiger partial charge is 0.508 e. The Balaban J connectivity index is 2.19. The van der Waals surface area contributed by atoms with E-state index in [4.69, 9.17) is 5.73 Å². The van der Waals surface area contributed by atoms with Crippen LogP contribution in [0.1, 0.15) is 35.2 Å². The molecule has 1 aliphatic rings. The second kappa shape index (κ2) is 5.61. The number of benzene rings is 1. The van der Waals surface area contributed by atoms with Gasteiger partial charge in [0.1, 0.15) is 5.75 Å². The number of rotatable bonds is 3. The lowest BCUT2D eigenvalue weighted by Gasteiger charge is -2.29. The Hall–Kier alpha value is -1.55. The molecule has 0 bridgehead atoms. The van der Waals surface area contributed by atoms with Gasteiger partial charge in [0.05, 0.1) is 0 Å². The summed E-state index contributed by atoms with van der Waals surface area (Å²) in [5, 5.41) is 9.41. The molecule has 1 aliphatic carbocycles. The van der Waals surface area contributed by atoms with E-state index < -0.39 is 0 Å². The summed E-state index contributed by atoms with van der Waals surface area (Å²) in [6.07, 6.45) is 3.27. The molecule has 4 nitrogen and oxygen atoms in total. The second-order valence-corrected chi connectivity index (χ2v) is 5.41. The number of nitrogens with two attached hydrogens (primary N) is 1. The summed E-state index contributed by atoms with van der Waals surface area (Å²) >= 11 is 0. The standard InChI is InChI=1S/C15H22N2O2/c1-10-8-12(18)6-7-13(10)15(19)17(2)14-5-3-4-11(14)9-16/h6-8,11,14,18H,3-5,9,16H2,1-2H3. The minimum absolute atomic E-state index is 0.0165. The van der Waals surface area contributed by atoms with Gasteiger partial charge in [-0.25, -0.2) is 0 Å². The van der Waals surface area contributed by atoms with Gasteiger partial charge < -0.3 is 15.7 Å². The third-order valence-corrected chi connectivity index (χ3v) is 4.18. The van der Waals surface area contributed by atoms with Crippen molar-refractivity contribution < 1.29 is 9.90 Å². The van der Waals surface area contributed by atoms with Gasteiger partial charge in [-0.2, -0.15) is 0 Å². The van der Waals surface area contributed by atoms with Crippen molar-refractivity contribution >= 4 is 5.91 Å². The molecule has 2 unspecified atom stereocenters. The maximum Gasteiger partial charge on any atom is 0.254 e. The van der Waals surface area contributed by atoms with E-state index in [0.717, 1.165) is 24.8 Å². The van der Waals surface area contributed by atoms with E-state index in [1.807, 2.05) is 18.9 Å². The number of hydrogen-bond donors (Lipinski definition) is 2. The summed E-state index contributed by atoms with van der Waals surface area (Å²) in [5.74, 6) is 0.617. The first kappa shape index (κ1) is 13.9. The van der Waals surface area contributed by atoms with Gasteiger partial charge in [-0.1, -0.05) is 6.42 Å². The van der Waals surface area contributed by atoms with Crippen LogP contribution in [0.5, 0.6) is 5.75 Å². The van der Waals surface area contributed by atoms with E-state index in [1.165, 1.54) is 0 Å². The van der Waals surface area contributed by atoms with Crippen LogP contribution in [0.4, 0.5) is 0 Å². The Bertz CT molecular complexity index is 473. The fraction of sp³-hybridized carbons (Fsp3) is 0.533. The minimum atomic E-state index is 0.0165. The summed E-state index contributed by atoms with van der Waals surface area (Å²) < 4.78 is 0. The van der Waals surface area contributed by atoms with E-state index in [-0.39, 0.29) is 17.7 Å². The third-order valence-electron chi connectivity index (χ3n) is 4.18. The molecule has 4 heteroatoms. The Labute approximate surface area is 114 Å². The Morgan fingerprint density at radius 3 is 2.84 bits per heavy atom. The molecular weight excluding hydrogens is 240 g/mol. The normalized spacial score (nSPS) is 22.5. The first-order valence-electron chi connectivity index (χ1n) is 6.81. The lowest BCUT2D eigenvalue weighted by molar-refractivity contribution is 0.0699. The molecule has 0 radical (unpaired) electrons. The second-order valence-electron chi connectivity index (χ2n) is 5.41. The molecule has 19 heavy (non-hydrogen) atoms. The molecule has 1 amide bonds. The van der Waals surface area contributed by atoms with Crippen LogP contribution in [-0.2, 0) is 0 Å². The maximum atomic E-state index is 12.5. The quantitative estimate of drug-likeness (QED) is 0.874. The molecule has 0 heterocycles. The van der Waals surface area contributed by atoms with Gasteiger partial charge in [-0.3, -0.25) is 4.79 Å². The van der Waals surface area contributed by atoms with Crippen molar-refractivity contribution in [3.8, 4) is 5.75 Å². The van der Waals surface area contributed by atoms with Gasteiger partial charge in [0, 0.05) is 18.7 Å². The van der Waals surface area contributed by atoms with E-state index in [0.29, 0.717) is 18.0 Å². The van der Waals surface area contributed by atoms with Crippen LogP contribution < -0.4 is 5.73 Å². The maximum absolute atomic E-state index is 12.5. The number of aromatic hydroxyl groups is 1. The highest BCUT2D eigenvalue weighted by Gasteiger charge is 2.32. The molecule has 1 saturated carbocycles. The summed E-state index contributed by atoms with van der Waals surface area (Å²) in [7, 11) is 1.85. The molecule has 0 aliphatic heterocycles. The number of aryl methyl sites for hydroxylation is 1. The molecule has 1 fully saturated rings. The van der Waals surface area contributed by atoms with Crippen molar-refractivity contribution in [2.75, 3.05) is 13.6 Å². The highest BCUT2D eigenvalue weighted by molar-refractivity contribution is 5.95. The van der Waals surface area contributed by atoms with Crippen LogP contribution >= 0.6 is 0 Å². The number of carbonyl (C=O) groups excluding carboxylic acids is 1. The Morgan fingerprint density at radius 2 is 2.21 bits per heavy atom. The molecule has 2 atom stereocenters. The van der Waals surface area contributed by atoms with Crippen LogP contribution in [0.15, 0.2) is 18.2 Å². The van der Waals surface area contributed by atoms with Crippen molar-refractivity contribution in [3.63, 3.8) is 0 Å². The van der Waals surface area contributed by atoms with Crippen LogP contribution in [-0.4, -0.2) is 35.5 Å². The first-order chi connectivity index (χ1) is 9.04. The predicted molar refractivity (Wildman–Crippen MR) is 75.1 cm³/mol. The lowest BCUT2D eigenvalue weighted by Crippen LogP contribution is -2.41. The van der Waals surface area contributed by atoms with Gasteiger partial charge in [0.15, 0.2) is 0 Å². The smallest absolute Gasteiger partial charge is 0.254 e. The van der Waals surface area contributed by atoms with Crippen LogP contribution in [0.25, 0.3) is 0 Å². The van der Waals surface area contributed by atoms with Crippen molar-refractivity contribution in [1.29, 1.82) is 0 Å². The third kappa shape index (κ3) is 2.73. The fourth-order valence-corrected chi connectivity index (χ4v) is 3.03. The molecule has 1 aromatic rings. The van der Waals surface area contributed by atoms with Gasteiger partial charge in [0.2, 0.25) is 0 Å². The number of hydrogen-bond acceptors (Lipinski definition) is 3. The summed E-state index contributed by atoms with van der Waals surface area (Å²) in [5.41, 5.74) is 7.24. The van der Waals surface area contributed by atoms with Crippen molar-refractivity contribution in [3.05, 3.63) is 29.3 Å². The molecule has 0 saturated heterocycles. The summed E-state index contributed by atoms with van der Waals surface area (Å²) in [4.78, 5) is 14.4. The van der Waals surface area contributed by atoms with Crippen LogP contribution in [0.3, 0.4) is 0 Å². The molecule has 104 valence electrons. The summed E-state index contributed by atoms with van der Waals surface area (Å²) in [6.45, 7) is 2.48. The number of phenolic OH excluding ortho intramolecular Hbond substituents is 1. The number of carbonyl (C=O) groups is 1. The van der Waals surface area contributed by atoms with Crippen LogP contribution in [0.2, 0.25) is 0 Å². The van der Waals surface area contributed by atoms with Crippen LogP contribution in [0, 0.1) is 12.8 Å². The number of nitrogens with zero attached hydrogens (tertiary/aromatic N) is 1. The van der Waals surface area contributed by atoms with E-state index in [1.54, 1.807) is 18.2 Å². The highest BCUT2D eigenvalue weighted by atomic mass is 16.3. The van der Waals surface area contributed by atoms with Crippen molar-refractivity contribution in [1.82, 2.24) is 4.90 Å². The van der Waals surface area contributed by atoms with Crippen molar-refractivity contribution in [2.24, 2.45) is 11.7 Å². The lowest BCUT2D eigenvalue weighted by atomic mass is 10.0.